The number of nitrogens with one attached hydrogen (secondary N) is 2. The van der Waals surface area contributed by atoms with Crippen molar-refractivity contribution in [2.75, 3.05) is 5.32 Å². The van der Waals surface area contributed by atoms with Gasteiger partial charge in [0.25, 0.3) is 0 Å². The standard InChI is InChI=1S/C11H15FN2S/c1-7(2)13-11(15)14-10-6-8(3)4-5-9(10)12/h4-7H,1-3H3,(H2,13,14,15). The van der Waals surface area contributed by atoms with E-state index >= 15 is 0 Å². The topological polar surface area (TPSA) is 24.1 Å². The maximum Gasteiger partial charge on any atom is 0.171 e. The first-order valence-electron chi connectivity index (χ1n) is 4.82. The third-order valence-corrected chi connectivity index (χ3v) is 2.01. The van der Waals surface area contributed by atoms with Gasteiger partial charge in [-0.1, -0.05) is 6.07 Å². The Morgan fingerprint density at radius 2 is 2.07 bits per heavy atom. The highest BCUT2D eigenvalue weighted by molar-refractivity contribution is 7.80. The molecule has 0 saturated carbocycles. The zero-order valence-corrected chi connectivity index (χ0v) is 9.91. The van der Waals surface area contributed by atoms with Crippen LogP contribution in [0.25, 0.3) is 0 Å². The van der Waals surface area contributed by atoms with Gasteiger partial charge in [-0.2, -0.15) is 0 Å². The van der Waals surface area contributed by atoms with E-state index in [2.05, 4.69) is 10.6 Å². The van der Waals surface area contributed by atoms with E-state index in [1.165, 1.54) is 6.07 Å². The van der Waals surface area contributed by atoms with Crippen molar-refractivity contribution in [2.45, 2.75) is 26.8 Å². The smallest absolute Gasteiger partial charge is 0.171 e. The summed E-state index contributed by atoms with van der Waals surface area (Å²) in [4.78, 5) is 0. The number of anilines is 1. The highest BCUT2D eigenvalue weighted by atomic mass is 32.1. The van der Waals surface area contributed by atoms with Crippen LogP contribution in [0.5, 0.6) is 0 Å². The van der Waals surface area contributed by atoms with E-state index in [1.54, 1.807) is 12.1 Å². The summed E-state index contributed by atoms with van der Waals surface area (Å²) in [6.07, 6.45) is 0. The highest BCUT2D eigenvalue weighted by Gasteiger charge is 2.04. The van der Waals surface area contributed by atoms with Gasteiger partial charge in [-0.25, -0.2) is 4.39 Å². The zero-order valence-electron chi connectivity index (χ0n) is 9.10. The minimum Gasteiger partial charge on any atom is -0.360 e. The number of hydrogen-bond acceptors (Lipinski definition) is 1. The van der Waals surface area contributed by atoms with Crippen molar-refractivity contribution in [1.29, 1.82) is 0 Å². The van der Waals surface area contributed by atoms with Crippen LogP contribution in [0.1, 0.15) is 19.4 Å². The summed E-state index contributed by atoms with van der Waals surface area (Å²) >= 11 is 5.03. The van der Waals surface area contributed by atoms with Crippen LogP contribution in [0.2, 0.25) is 0 Å². The summed E-state index contributed by atoms with van der Waals surface area (Å²) in [5.41, 5.74) is 1.40. The number of benzene rings is 1. The van der Waals surface area contributed by atoms with Gasteiger partial charge in [-0.05, 0) is 50.7 Å². The van der Waals surface area contributed by atoms with Crippen molar-refractivity contribution in [3.05, 3.63) is 29.6 Å². The van der Waals surface area contributed by atoms with Gasteiger partial charge in [0.05, 0.1) is 5.69 Å². The molecule has 0 aliphatic carbocycles. The molecule has 1 rings (SSSR count). The molecular formula is C11H15FN2S. The second kappa shape index (κ2) is 5.07. The van der Waals surface area contributed by atoms with Gasteiger partial charge in [0.1, 0.15) is 5.82 Å². The van der Waals surface area contributed by atoms with Crippen molar-refractivity contribution in [2.24, 2.45) is 0 Å². The molecule has 0 bridgehead atoms. The fourth-order valence-electron chi connectivity index (χ4n) is 1.16. The van der Waals surface area contributed by atoms with Gasteiger partial charge in [0.15, 0.2) is 5.11 Å². The summed E-state index contributed by atoms with van der Waals surface area (Å²) in [7, 11) is 0. The molecule has 0 aromatic heterocycles. The van der Waals surface area contributed by atoms with Crippen molar-refractivity contribution >= 4 is 23.0 Å². The molecule has 2 nitrogen and oxygen atoms in total. The molecule has 4 heteroatoms. The van der Waals surface area contributed by atoms with Crippen LogP contribution in [0.15, 0.2) is 18.2 Å². The van der Waals surface area contributed by atoms with Gasteiger partial charge in [0.2, 0.25) is 0 Å². The van der Waals surface area contributed by atoms with Crippen LogP contribution in [0, 0.1) is 12.7 Å². The van der Waals surface area contributed by atoms with Crippen molar-refractivity contribution in [1.82, 2.24) is 5.32 Å². The predicted molar refractivity (Wildman–Crippen MR) is 65.6 cm³/mol. The lowest BCUT2D eigenvalue weighted by molar-refractivity contribution is 0.631. The first-order valence-corrected chi connectivity index (χ1v) is 5.23. The number of hydrogen-bond donors (Lipinski definition) is 2. The monoisotopic (exact) mass is 226 g/mol. The molecule has 0 aliphatic rings. The van der Waals surface area contributed by atoms with Gasteiger partial charge in [0, 0.05) is 6.04 Å². The van der Waals surface area contributed by atoms with E-state index in [0.29, 0.717) is 10.8 Å². The second-order valence-electron chi connectivity index (χ2n) is 3.74. The number of rotatable bonds is 2. The number of halogens is 1. The normalized spacial score (nSPS) is 10.2. The molecule has 0 saturated heterocycles. The first-order chi connectivity index (χ1) is 6.99. The minimum absolute atomic E-state index is 0.234. The Labute approximate surface area is 94.9 Å². The van der Waals surface area contributed by atoms with Crippen molar-refractivity contribution in [3.8, 4) is 0 Å². The van der Waals surface area contributed by atoms with E-state index < -0.39 is 0 Å². The van der Waals surface area contributed by atoms with Crippen molar-refractivity contribution < 1.29 is 4.39 Å². The molecule has 0 aliphatic heterocycles. The summed E-state index contributed by atoms with van der Waals surface area (Å²) < 4.78 is 13.3. The summed E-state index contributed by atoms with van der Waals surface area (Å²) in [6, 6.07) is 5.11. The molecule has 0 spiro atoms. The van der Waals surface area contributed by atoms with E-state index in [1.807, 2.05) is 20.8 Å². The quantitative estimate of drug-likeness (QED) is 0.758. The molecule has 2 N–H and O–H groups in total. The highest BCUT2D eigenvalue weighted by Crippen LogP contribution is 2.15. The van der Waals surface area contributed by atoms with E-state index in [9.17, 15) is 4.39 Å². The Balaban J connectivity index is 2.71. The van der Waals surface area contributed by atoms with Crippen LogP contribution < -0.4 is 10.6 Å². The van der Waals surface area contributed by atoms with Gasteiger partial charge in [-0.3, -0.25) is 0 Å². The average Bonchev–Trinajstić information content (AvgIpc) is 2.10. The van der Waals surface area contributed by atoms with Crippen LogP contribution in [0.3, 0.4) is 0 Å². The fraction of sp³-hybridized carbons (Fsp3) is 0.364. The molecule has 0 atom stereocenters. The lowest BCUT2D eigenvalue weighted by Crippen LogP contribution is -2.34. The Morgan fingerprint density at radius 3 is 2.67 bits per heavy atom. The third-order valence-electron chi connectivity index (χ3n) is 1.79. The number of thiocarbonyl (C=S) groups is 1. The fourth-order valence-corrected chi connectivity index (χ4v) is 1.50. The maximum absolute atomic E-state index is 13.3. The minimum atomic E-state index is -0.298. The van der Waals surface area contributed by atoms with Gasteiger partial charge < -0.3 is 10.6 Å². The molecule has 82 valence electrons. The van der Waals surface area contributed by atoms with Crippen LogP contribution in [0.4, 0.5) is 10.1 Å². The van der Waals surface area contributed by atoms with E-state index in [4.69, 9.17) is 12.2 Å². The predicted octanol–water partition coefficient (Wildman–Crippen LogP) is 2.83. The summed E-state index contributed by atoms with van der Waals surface area (Å²) in [6.45, 7) is 5.85. The lowest BCUT2D eigenvalue weighted by atomic mass is 10.2. The van der Waals surface area contributed by atoms with Gasteiger partial charge >= 0.3 is 0 Å². The largest absolute Gasteiger partial charge is 0.360 e. The Bertz CT molecular complexity index is 364. The third kappa shape index (κ3) is 3.83. The zero-order chi connectivity index (χ0) is 11.4. The van der Waals surface area contributed by atoms with Crippen molar-refractivity contribution in [3.63, 3.8) is 0 Å². The average molecular weight is 226 g/mol. The van der Waals surface area contributed by atoms with E-state index in [0.717, 1.165) is 5.56 Å². The molecule has 0 fully saturated rings. The Morgan fingerprint density at radius 1 is 1.40 bits per heavy atom. The molecule has 15 heavy (non-hydrogen) atoms. The molecule has 0 heterocycles. The number of aryl methyl sites for hydroxylation is 1. The van der Waals surface area contributed by atoms with E-state index in [-0.39, 0.29) is 11.9 Å². The Kier molecular flexibility index (Phi) is 4.03. The maximum atomic E-state index is 13.3. The van der Waals surface area contributed by atoms with Crippen LogP contribution >= 0.6 is 12.2 Å². The first kappa shape index (κ1) is 11.9. The van der Waals surface area contributed by atoms with Crippen LogP contribution in [-0.4, -0.2) is 11.2 Å². The molecule has 1 aromatic rings. The summed E-state index contributed by atoms with van der Waals surface area (Å²) in [5.74, 6) is -0.298. The van der Waals surface area contributed by atoms with Crippen LogP contribution in [-0.2, 0) is 0 Å². The molecule has 0 radical (unpaired) electrons. The molecule has 0 unspecified atom stereocenters. The SMILES string of the molecule is Cc1ccc(F)c(NC(=S)NC(C)C)c1. The molecular weight excluding hydrogens is 211 g/mol. The second-order valence-corrected chi connectivity index (χ2v) is 4.14. The van der Waals surface area contributed by atoms with Gasteiger partial charge in [-0.15, -0.1) is 0 Å². The summed E-state index contributed by atoms with van der Waals surface area (Å²) in [5, 5.41) is 6.26. The lowest BCUT2D eigenvalue weighted by Gasteiger charge is -2.13. The molecule has 0 amide bonds. The Hall–Kier alpha value is -1.16. The molecule has 1 aromatic carbocycles.